The van der Waals surface area contributed by atoms with Gasteiger partial charge in [0.05, 0.1) is 6.61 Å². The molecule has 0 saturated carbocycles. The van der Waals surface area contributed by atoms with E-state index in [0.29, 0.717) is 0 Å². The quantitative estimate of drug-likeness (QED) is 0.824. The molecule has 1 aliphatic heterocycles. The summed E-state index contributed by atoms with van der Waals surface area (Å²) in [7, 11) is 0. The first-order valence-corrected chi connectivity index (χ1v) is 6.09. The smallest absolute Gasteiger partial charge is 0.123 e. The Morgan fingerprint density at radius 1 is 1.35 bits per heavy atom. The number of aliphatic hydroxyl groups is 1. The highest BCUT2D eigenvalue weighted by Gasteiger charge is 2.16. The molecule has 2 N–H and O–H groups in total. The number of nitrogens with one attached hydrogen (secondary N) is 1. The zero-order chi connectivity index (χ0) is 12.1. The summed E-state index contributed by atoms with van der Waals surface area (Å²) < 4.78 is 12.8. The molecule has 94 valence electrons. The van der Waals surface area contributed by atoms with Crippen LogP contribution in [0.15, 0.2) is 24.3 Å². The molecule has 0 radical (unpaired) electrons. The van der Waals surface area contributed by atoms with Crippen LogP contribution in [0.2, 0.25) is 0 Å². The first-order valence-electron chi connectivity index (χ1n) is 6.09. The molecule has 1 fully saturated rings. The van der Waals surface area contributed by atoms with Crippen LogP contribution in [-0.4, -0.2) is 42.3 Å². The van der Waals surface area contributed by atoms with Gasteiger partial charge in [0.2, 0.25) is 0 Å². The highest BCUT2D eigenvalue weighted by atomic mass is 19.1. The lowest BCUT2D eigenvalue weighted by Gasteiger charge is -2.23. The lowest BCUT2D eigenvalue weighted by molar-refractivity contribution is 0.196. The molecule has 4 heteroatoms. The molecule has 1 aromatic carbocycles. The van der Waals surface area contributed by atoms with E-state index in [1.165, 1.54) is 12.1 Å². The number of nitrogens with zero attached hydrogens (tertiary/aromatic N) is 1. The van der Waals surface area contributed by atoms with Crippen molar-refractivity contribution in [2.24, 2.45) is 0 Å². The van der Waals surface area contributed by atoms with Crippen LogP contribution in [0.1, 0.15) is 12.0 Å². The Balaban J connectivity index is 1.94. The number of aliphatic hydroxyl groups excluding tert-OH is 1. The van der Waals surface area contributed by atoms with E-state index >= 15 is 0 Å². The molecule has 0 bridgehead atoms. The molecule has 3 nitrogen and oxygen atoms in total. The minimum Gasteiger partial charge on any atom is -0.395 e. The van der Waals surface area contributed by atoms with Crippen molar-refractivity contribution in [3.8, 4) is 0 Å². The van der Waals surface area contributed by atoms with Gasteiger partial charge in [-0.1, -0.05) is 12.1 Å². The van der Waals surface area contributed by atoms with Crippen molar-refractivity contribution in [1.29, 1.82) is 0 Å². The third kappa shape index (κ3) is 3.77. The van der Waals surface area contributed by atoms with Crippen LogP contribution < -0.4 is 5.32 Å². The van der Waals surface area contributed by atoms with E-state index in [2.05, 4.69) is 10.2 Å². The topological polar surface area (TPSA) is 35.5 Å². The number of benzene rings is 1. The van der Waals surface area contributed by atoms with Gasteiger partial charge < -0.3 is 10.4 Å². The molecule has 1 aromatic rings. The minimum atomic E-state index is -0.195. The highest BCUT2D eigenvalue weighted by molar-refractivity contribution is 5.15. The molecule has 1 atom stereocenters. The van der Waals surface area contributed by atoms with Crippen molar-refractivity contribution in [2.75, 3.05) is 26.2 Å². The Hall–Kier alpha value is -0.970. The van der Waals surface area contributed by atoms with Crippen molar-refractivity contribution in [3.63, 3.8) is 0 Å². The molecule has 1 saturated heterocycles. The van der Waals surface area contributed by atoms with Gasteiger partial charge >= 0.3 is 0 Å². The SMILES string of the molecule is OCC1CN(Cc2ccc(F)cc2)CCCN1. The summed E-state index contributed by atoms with van der Waals surface area (Å²) >= 11 is 0. The van der Waals surface area contributed by atoms with Gasteiger partial charge in [0.15, 0.2) is 0 Å². The fourth-order valence-electron chi connectivity index (χ4n) is 2.19. The molecule has 0 amide bonds. The Bertz CT molecular complexity index is 342. The monoisotopic (exact) mass is 238 g/mol. The zero-order valence-corrected chi connectivity index (χ0v) is 9.90. The second-order valence-corrected chi connectivity index (χ2v) is 4.55. The fourth-order valence-corrected chi connectivity index (χ4v) is 2.19. The van der Waals surface area contributed by atoms with Crippen LogP contribution in [-0.2, 0) is 6.54 Å². The summed E-state index contributed by atoms with van der Waals surface area (Å²) in [6.45, 7) is 3.79. The average molecular weight is 238 g/mol. The van der Waals surface area contributed by atoms with Crippen LogP contribution in [0.4, 0.5) is 4.39 Å². The molecule has 0 spiro atoms. The first-order chi connectivity index (χ1) is 8.28. The molecule has 17 heavy (non-hydrogen) atoms. The lowest BCUT2D eigenvalue weighted by Crippen LogP contribution is -2.39. The van der Waals surface area contributed by atoms with Gasteiger partial charge in [-0.3, -0.25) is 4.90 Å². The molecule has 1 aliphatic rings. The molecular weight excluding hydrogens is 219 g/mol. The number of rotatable bonds is 3. The predicted octanol–water partition coefficient (Wildman–Crippen LogP) is 0.982. The maximum absolute atomic E-state index is 12.8. The fraction of sp³-hybridized carbons (Fsp3) is 0.538. The van der Waals surface area contributed by atoms with Gasteiger partial charge in [-0.05, 0) is 37.2 Å². The van der Waals surface area contributed by atoms with E-state index in [9.17, 15) is 9.50 Å². The maximum Gasteiger partial charge on any atom is 0.123 e. The largest absolute Gasteiger partial charge is 0.395 e. The molecule has 0 aliphatic carbocycles. The summed E-state index contributed by atoms with van der Waals surface area (Å²) in [6.07, 6.45) is 1.08. The van der Waals surface area contributed by atoms with Gasteiger partial charge in [0, 0.05) is 19.1 Å². The van der Waals surface area contributed by atoms with E-state index < -0.39 is 0 Å². The maximum atomic E-state index is 12.8. The van der Waals surface area contributed by atoms with E-state index in [0.717, 1.165) is 38.2 Å². The molecule has 2 rings (SSSR count). The molecule has 1 unspecified atom stereocenters. The van der Waals surface area contributed by atoms with Gasteiger partial charge in [-0.25, -0.2) is 4.39 Å². The van der Waals surface area contributed by atoms with Crippen molar-refractivity contribution in [2.45, 2.75) is 19.0 Å². The third-order valence-electron chi connectivity index (χ3n) is 3.10. The Labute approximate surface area is 101 Å². The van der Waals surface area contributed by atoms with Gasteiger partial charge in [-0.2, -0.15) is 0 Å². The number of halogens is 1. The van der Waals surface area contributed by atoms with E-state index in [-0.39, 0.29) is 18.5 Å². The van der Waals surface area contributed by atoms with Crippen LogP contribution in [0, 0.1) is 5.82 Å². The molecular formula is C13H19FN2O. The van der Waals surface area contributed by atoms with E-state index in [1.807, 2.05) is 12.1 Å². The summed E-state index contributed by atoms with van der Waals surface area (Å²) in [5.74, 6) is -0.195. The van der Waals surface area contributed by atoms with E-state index in [1.54, 1.807) is 0 Å². The number of hydrogen-bond donors (Lipinski definition) is 2. The van der Waals surface area contributed by atoms with Crippen LogP contribution in [0.3, 0.4) is 0 Å². The summed E-state index contributed by atoms with van der Waals surface area (Å²) in [6, 6.07) is 6.78. The lowest BCUT2D eigenvalue weighted by atomic mass is 10.2. The Morgan fingerprint density at radius 3 is 2.82 bits per heavy atom. The van der Waals surface area contributed by atoms with Crippen molar-refractivity contribution < 1.29 is 9.50 Å². The van der Waals surface area contributed by atoms with Crippen LogP contribution in [0.25, 0.3) is 0 Å². The summed E-state index contributed by atoms with van der Waals surface area (Å²) in [4.78, 5) is 2.30. The van der Waals surface area contributed by atoms with E-state index in [4.69, 9.17) is 0 Å². The summed E-state index contributed by atoms with van der Waals surface area (Å²) in [5.41, 5.74) is 1.12. The third-order valence-corrected chi connectivity index (χ3v) is 3.10. The Kier molecular flexibility index (Phi) is 4.48. The first kappa shape index (κ1) is 12.5. The second-order valence-electron chi connectivity index (χ2n) is 4.55. The highest BCUT2D eigenvalue weighted by Crippen LogP contribution is 2.09. The second kappa shape index (κ2) is 6.10. The summed E-state index contributed by atoms with van der Waals surface area (Å²) in [5, 5.41) is 12.5. The predicted molar refractivity (Wildman–Crippen MR) is 65.2 cm³/mol. The van der Waals surface area contributed by atoms with Crippen molar-refractivity contribution in [3.05, 3.63) is 35.6 Å². The van der Waals surface area contributed by atoms with Gasteiger partial charge in [0.1, 0.15) is 5.82 Å². The zero-order valence-electron chi connectivity index (χ0n) is 9.90. The van der Waals surface area contributed by atoms with Crippen molar-refractivity contribution in [1.82, 2.24) is 10.2 Å². The van der Waals surface area contributed by atoms with Gasteiger partial charge in [0.25, 0.3) is 0 Å². The Morgan fingerprint density at radius 2 is 2.12 bits per heavy atom. The normalized spacial score (nSPS) is 22.4. The van der Waals surface area contributed by atoms with Gasteiger partial charge in [-0.15, -0.1) is 0 Å². The van der Waals surface area contributed by atoms with Crippen LogP contribution >= 0.6 is 0 Å². The molecule has 0 aromatic heterocycles. The standard InChI is InChI=1S/C13H19FN2O/c14-12-4-2-11(3-5-12)8-16-7-1-6-15-13(9-16)10-17/h2-5,13,15,17H,1,6-10H2. The number of hydrogen-bond acceptors (Lipinski definition) is 3. The molecule has 1 heterocycles. The minimum absolute atomic E-state index is 0.151. The van der Waals surface area contributed by atoms with Crippen molar-refractivity contribution >= 4 is 0 Å². The average Bonchev–Trinajstić information content (AvgIpc) is 2.57. The van der Waals surface area contributed by atoms with Crippen LogP contribution in [0.5, 0.6) is 0 Å².